The fourth-order valence-electron chi connectivity index (χ4n) is 0.826. The van der Waals surface area contributed by atoms with E-state index in [2.05, 4.69) is 20.7 Å². The third kappa shape index (κ3) is 1.21. The largest absolute Gasteiger partial charge is 0.299 e. The summed E-state index contributed by atoms with van der Waals surface area (Å²) in [4.78, 5) is 0.281. The molecule has 6 nitrogen and oxygen atoms in total. The Hall–Kier alpha value is -1.35. The number of hydrogen-bond donors (Lipinski definition) is 2. The first kappa shape index (κ1) is 8.26. The minimum atomic E-state index is -2.69. The van der Waals surface area contributed by atoms with E-state index in [4.69, 9.17) is 5.84 Å². The Kier molecular flexibility index (Phi) is 1.81. The number of nitrogens with zero attached hydrogens (tertiary/aromatic N) is 4. The quantitative estimate of drug-likeness (QED) is 0.549. The monoisotopic (exact) mass is 206 g/mol. The van der Waals surface area contributed by atoms with Gasteiger partial charge in [-0.05, 0) is 0 Å². The van der Waals surface area contributed by atoms with E-state index in [1.165, 1.54) is 0 Å². The second-order valence-corrected chi connectivity index (χ2v) is 3.06. The lowest BCUT2D eigenvalue weighted by molar-refractivity contribution is 0.137. The number of halogens is 2. The van der Waals surface area contributed by atoms with Gasteiger partial charge >= 0.3 is 0 Å². The minimum absolute atomic E-state index is 0.281. The summed E-state index contributed by atoms with van der Waals surface area (Å²) in [5, 5.41) is 10.8. The van der Waals surface area contributed by atoms with Gasteiger partial charge in [0, 0.05) is 0 Å². The maximum Gasteiger partial charge on any atom is 0.299 e. The molecule has 2 aromatic heterocycles. The van der Waals surface area contributed by atoms with Gasteiger partial charge in [0.25, 0.3) is 6.43 Å². The number of hydrazine groups is 1. The molecule has 9 heteroatoms. The van der Waals surface area contributed by atoms with Crippen molar-refractivity contribution < 1.29 is 8.78 Å². The fraction of sp³-hybridized carbons (Fsp3) is 0.250. The lowest BCUT2D eigenvalue weighted by Crippen LogP contribution is -2.07. The maximum atomic E-state index is 12.2. The van der Waals surface area contributed by atoms with Crippen molar-refractivity contribution in [3.63, 3.8) is 0 Å². The number of alkyl halides is 2. The van der Waals surface area contributed by atoms with Crippen LogP contribution in [0.1, 0.15) is 12.2 Å². The molecule has 3 N–H and O–H groups in total. The SMILES string of the molecule is NNc1nn2c(C(F)F)nnc2s1. The summed E-state index contributed by atoms with van der Waals surface area (Å²) in [5.74, 6) is 4.57. The van der Waals surface area contributed by atoms with Crippen molar-refractivity contribution in [1.82, 2.24) is 19.8 Å². The van der Waals surface area contributed by atoms with Crippen molar-refractivity contribution >= 4 is 21.4 Å². The molecular formula is C4H4F2N6S. The molecule has 2 heterocycles. The molecule has 0 aliphatic rings. The van der Waals surface area contributed by atoms with Crippen molar-refractivity contribution in [1.29, 1.82) is 0 Å². The summed E-state index contributed by atoms with van der Waals surface area (Å²) >= 11 is 1.04. The van der Waals surface area contributed by atoms with Gasteiger partial charge in [-0.25, -0.2) is 14.6 Å². The molecule has 0 radical (unpaired) electrons. The van der Waals surface area contributed by atoms with E-state index in [9.17, 15) is 8.78 Å². The summed E-state index contributed by atoms with van der Waals surface area (Å²) in [6.45, 7) is 0. The predicted octanol–water partition coefficient (Wildman–Crippen LogP) is 0.409. The Morgan fingerprint density at radius 3 is 2.85 bits per heavy atom. The smallest absolute Gasteiger partial charge is 0.298 e. The second kappa shape index (κ2) is 2.85. The number of aromatic nitrogens is 4. The summed E-state index contributed by atoms with van der Waals surface area (Å²) in [6.07, 6.45) is -2.69. The van der Waals surface area contributed by atoms with Crippen molar-refractivity contribution in [2.24, 2.45) is 5.84 Å². The first-order valence-electron chi connectivity index (χ1n) is 3.19. The van der Waals surface area contributed by atoms with Gasteiger partial charge in [0.05, 0.1) is 0 Å². The van der Waals surface area contributed by atoms with Gasteiger partial charge < -0.3 is 0 Å². The van der Waals surface area contributed by atoms with Crippen LogP contribution in [0, 0.1) is 0 Å². The van der Waals surface area contributed by atoms with Crippen LogP contribution in [0.3, 0.4) is 0 Å². The van der Waals surface area contributed by atoms with Gasteiger partial charge in [-0.2, -0.15) is 4.52 Å². The molecule has 70 valence electrons. The zero-order chi connectivity index (χ0) is 9.42. The van der Waals surface area contributed by atoms with Gasteiger partial charge in [0.1, 0.15) is 0 Å². The summed E-state index contributed by atoms with van der Waals surface area (Å²) in [7, 11) is 0. The molecule has 2 rings (SSSR count). The van der Waals surface area contributed by atoms with E-state index in [0.29, 0.717) is 5.13 Å². The number of nitrogens with two attached hydrogens (primary N) is 1. The summed E-state index contributed by atoms with van der Waals surface area (Å²) in [5.41, 5.74) is 2.24. The van der Waals surface area contributed by atoms with Gasteiger partial charge in [-0.15, -0.1) is 15.3 Å². The minimum Gasteiger partial charge on any atom is -0.298 e. The number of rotatable bonds is 2. The van der Waals surface area contributed by atoms with E-state index >= 15 is 0 Å². The zero-order valence-corrected chi connectivity index (χ0v) is 6.92. The lowest BCUT2D eigenvalue weighted by Gasteiger charge is -1.91. The molecule has 13 heavy (non-hydrogen) atoms. The normalized spacial score (nSPS) is 11.4. The third-order valence-electron chi connectivity index (χ3n) is 1.33. The predicted molar refractivity (Wildman–Crippen MR) is 41.4 cm³/mol. The van der Waals surface area contributed by atoms with Gasteiger partial charge in [0.15, 0.2) is 0 Å². The third-order valence-corrected chi connectivity index (χ3v) is 2.16. The molecule has 0 saturated carbocycles. The average molecular weight is 206 g/mol. The van der Waals surface area contributed by atoms with Crippen molar-refractivity contribution in [3.8, 4) is 0 Å². The number of nitrogens with one attached hydrogen (secondary N) is 1. The summed E-state index contributed by atoms with van der Waals surface area (Å²) in [6, 6.07) is 0. The molecule has 0 aromatic carbocycles. The highest BCUT2D eigenvalue weighted by Crippen LogP contribution is 2.22. The van der Waals surface area contributed by atoms with Gasteiger partial charge in [-0.1, -0.05) is 11.3 Å². The molecule has 0 atom stereocenters. The van der Waals surface area contributed by atoms with E-state index < -0.39 is 12.2 Å². The van der Waals surface area contributed by atoms with E-state index in [0.717, 1.165) is 15.9 Å². The van der Waals surface area contributed by atoms with Crippen LogP contribution in [-0.4, -0.2) is 19.8 Å². The van der Waals surface area contributed by atoms with Crippen LogP contribution in [0.2, 0.25) is 0 Å². The molecule has 0 saturated heterocycles. The van der Waals surface area contributed by atoms with Crippen LogP contribution >= 0.6 is 11.3 Å². The van der Waals surface area contributed by atoms with Crippen LogP contribution in [0.25, 0.3) is 4.96 Å². The highest BCUT2D eigenvalue weighted by Gasteiger charge is 2.18. The molecule has 0 bridgehead atoms. The Morgan fingerprint density at radius 1 is 1.46 bits per heavy atom. The lowest BCUT2D eigenvalue weighted by atomic mass is 10.7. The molecule has 0 aliphatic carbocycles. The van der Waals surface area contributed by atoms with Crippen LogP contribution < -0.4 is 11.3 Å². The van der Waals surface area contributed by atoms with Gasteiger partial charge in [0.2, 0.25) is 15.9 Å². The summed E-state index contributed by atoms with van der Waals surface area (Å²) < 4.78 is 25.4. The second-order valence-electron chi connectivity index (χ2n) is 2.10. The van der Waals surface area contributed by atoms with Crippen molar-refractivity contribution in [2.45, 2.75) is 6.43 Å². The van der Waals surface area contributed by atoms with Crippen molar-refractivity contribution in [2.75, 3.05) is 5.43 Å². The molecule has 0 spiro atoms. The Morgan fingerprint density at radius 2 is 2.23 bits per heavy atom. The van der Waals surface area contributed by atoms with E-state index in [1.54, 1.807) is 0 Å². The topological polar surface area (TPSA) is 81.1 Å². The fourth-order valence-corrected chi connectivity index (χ4v) is 1.48. The Bertz CT molecular complexity index is 421. The van der Waals surface area contributed by atoms with Gasteiger partial charge in [-0.3, -0.25) is 5.43 Å². The van der Waals surface area contributed by atoms with Crippen molar-refractivity contribution in [3.05, 3.63) is 5.82 Å². The Balaban J connectivity index is 2.58. The number of nitrogen functional groups attached to an aromatic ring is 1. The van der Waals surface area contributed by atoms with Crippen LogP contribution in [0.5, 0.6) is 0 Å². The molecule has 0 amide bonds. The molecule has 2 aromatic rings. The number of anilines is 1. The standard InChI is InChI=1S/C4H4F2N6S/c5-1(6)2-9-10-4-12(2)11-3(8-7)13-4/h1H,7H2,(H,8,11). The zero-order valence-electron chi connectivity index (χ0n) is 6.11. The maximum absolute atomic E-state index is 12.2. The highest BCUT2D eigenvalue weighted by molar-refractivity contribution is 7.20. The Labute approximate surface area is 74.3 Å². The molecule has 0 unspecified atom stereocenters. The van der Waals surface area contributed by atoms with Crippen LogP contribution in [0.15, 0.2) is 0 Å². The van der Waals surface area contributed by atoms with E-state index in [-0.39, 0.29) is 4.96 Å². The van der Waals surface area contributed by atoms with Crippen LogP contribution in [0.4, 0.5) is 13.9 Å². The number of hydrogen-bond acceptors (Lipinski definition) is 6. The molecule has 0 fully saturated rings. The van der Waals surface area contributed by atoms with Crippen LogP contribution in [-0.2, 0) is 0 Å². The molecular weight excluding hydrogens is 202 g/mol. The highest BCUT2D eigenvalue weighted by atomic mass is 32.1. The average Bonchev–Trinajstić information content (AvgIpc) is 2.59. The van der Waals surface area contributed by atoms with E-state index in [1.807, 2.05) is 0 Å². The first-order valence-corrected chi connectivity index (χ1v) is 4.01. The first-order chi connectivity index (χ1) is 6.22. The molecule has 0 aliphatic heterocycles. The number of fused-ring (bicyclic) bond motifs is 1.